The molecule has 0 radical (unpaired) electrons. The molecule has 94 valence electrons. The highest BCUT2D eigenvalue weighted by Crippen LogP contribution is 2.32. The van der Waals surface area contributed by atoms with E-state index in [4.69, 9.17) is 0 Å². The Morgan fingerprint density at radius 1 is 0.842 bits per heavy atom. The molecule has 0 amide bonds. The Balaban J connectivity index is 1.78. The van der Waals surface area contributed by atoms with Gasteiger partial charge in [-0.1, -0.05) is 66.4 Å². The van der Waals surface area contributed by atoms with Crippen molar-refractivity contribution in [3.63, 3.8) is 0 Å². The van der Waals surface area contributed by atoms with Gasteiger partial charge >= 0.3 is 0 Å². The second-order valence-electron chi connectivity index (χ2n) is 4.38. The predicted molar refractivity (Wildman–Crippen MR) is 85.0 cm³/mol. The van der Waals surface area contributed by atoms with Gasteiger partial charge in [0.2, 0.25) is 0 Å². The SMILES string of the molecule is C1=CC(Nc2ccccc2)C=C(c2ccccc2)S1. The molecular weight excluding hydrogens is 250 g/mol. The molecule has 2 heteroatoms. The van der Waals surface area contributed by atoms with E-state index in [1.807, 2.05) is 24.3 Å². The first-order valence-electron chi connectivity index (χ1n) is 6.34. The zero-order chi connectivity index (χ0) is 12.9. The van der Waals surface area contributed by atoms with E-state index in [9.17, 15) is 0 Å². The molecule has 0 fully saturated rings. The van der Waals surface area contributed by atoms with Crippen LogP contribution in [-0.2, 0) is 0 Å². The fourth-order valence-corrected chi connectivity index (χ4v) is 2.93. The van der Waals surface area contributed by atoms with Gasteiger partial charge in [-0.2, -0.15) is 0 Å². The highest BCUT2D eigenvalue weighted by atomic mass is 32.2. The second kappa shape index (κ2) is 5.81. The van der Waals surface area contributed by atoms with Crippen LogP contribution in [0.5, 0.6) is 0 Å². The first-order valence-corrected chi connectivity index (χ1v) is 7.22. The van der Waals surface area contributed by atoms with Crippen LogP contribution in [0, 0.1) is 0 Å². The van der Waals surface area contributed by atoms with Crippen LogP contribution >= 0.6 is 11.8 Å². The van der Waals surface area contributed by atoms with Gasteiger partial charge in [0.15, 0.2) is 0 Å². The second-order valence-corrected chi connectivity index (χ2v) is 5.33. The highest BCUT2D eigenvalue weighted by molar-refractivity contribution is 8.11. The van der Waals surface area contributed by atoms with Gasteiger partial charge in [-0.25, -0.2) is 0 Å². The number of hydrogen-bond acceptors (Lipinski definition) is 2. The third kappa shape index (κ3) is 3.09. The minimum absolute atomic E-state index is 0.249. The summed E-state index contributed by atoms with van der Waals surface area (Å²) >= 11 is 1.77. The molecule has 1 N–H and O–H groups in total. The zero-order valence-corrected chi connectivity index (χ0v) is 11.3. The number of benzene rings is 2. The van der Waals surface area contributed by atoms with E-state index in [1.165, 1.54) is 10.5 Å². The van der Waals surface area contributed by atoms with Crippen molar-refractivity contribution in [3.05, 3.63) is 83.8 Å². The van der Waals surface area contributed by atoms with Gasteiger partial charge in [-0.05, 0) is 29.2 Å². The van der Waals surface area contributed by atoms with Gasteiger partial charge in [0, 0.05) is 10.6 Å². The Bertz CT molecular complexity index is 587. The van der Waals surface area contributed by atoms with Gasteiger partial charge in [0.25, 0.3) is 0 Å². The maximum Gasteiger partial charge on any atom is 0.0650 e. The molecule has 1 atom stereocenters. The summed E-state index contributed by atoms with van der Waals surface area (Å²) in [6, 6.07) is 21.1. The fraction of sp³-hybridized carbons (Fsp3) is 0.0588. The van der Waals surface area contributed by atoms with E-state index in [2.05, 4.69) is 59.3 Å². The molecule has 0 aromatic heterocycles. The average Bonchev–Trinajstić information content (AvgIpc) is 2.49. The summed E-state index contributed by atoms with van der Waals surface area (Å²) < 4.78 is 0. The molecule has 1 unspecified atom stereocenters. The first-order chi connectivity index (χ1) is 9.42. The summed E-state index contributed by atoms with van der Waals surface area (Å²) in [5.74, 6) is 0. The van der Waals surface area contributed by atoms with Crippen LogP contribution in [0.15, 0.2) is 78.2 Å². The van der Waals surface area contributed by atoms with E-state index in [0.717, 1.165) is 5.69 Å². The van der Waals surface area contributed by atoms with E-state index < -0.39 is 0 Å². The van der Waals surface area contributed by atoms with Crippen LogP contribution in [0.3, 0.4) is 0 Å². The highest BCUT2D eigenvalue weighted by Gasteiger charge is 2.10. The maximum absolute atomic E-state index is 3.50. The number of thioether (sulfide) groups is 1. The minimum atomic E-state index is 0.249. The quantitative estimate of drug-likeness (QED) is 0.858. The molecule has 1 nitrogen and oxygen atoms in total. The van der Waals surface area contributed by atoms with E-state index in [1.54, 1.807) is 11.8 Å². The molecule has 1 aliphatic rings. The van der Waals surface area contributed by atoms with Gasteiger partial charge in [-0.3, -0.25) is 0 Å². The lowest BCUT2D eigenvalue weighted by molar-refractivity contribution is 1.11. The topological polar surface area (TPSA) is 12.0 Å². The van der Waals surface area contributed by atoms with Crippen molar-refractivity contribution in [1.29, 1.82) is 0 Å². The molecule has 2 aromatic carbocycles. The van der Waals surface area contributed by atoms with Crippen molar-refractivity contribution < 1.29 is 0 Å². The number of rotatable bonds is 3. The van der Waals surface area contributed by atoms with Crippen molar-refractivity contribution in [3.8, 4) is 0 Å². The largest absolute Gasteiger partial charge is 0.375 e. The number of anilines is 1. The molecule has 1 aliphatic heterocycles. The monoisotopic (exact) mass is 265 g/mol. The van der Waals surface area contributed by atoms with Gasteiger partial charge in [0.1, 0.15) is 0 Å². The normalized spacial score (nSPS) is 17.9. The molecule has 0 saturated carbocycles. The first kappa shape index (κ1) is 12.1. The summed E-state index contributed by atoms with van der Waals surface area (Å²) in [6.45, 7) is 0. The summed E-state index contributed by atoms with van der Waals surface area (Å²) in [5, 5.41) is 5.66. The van der Waals surface area contributed by atoms with Crippen LogP contribution in [0.4, 0.5) is 5.69 Å². The Morgan fingerprint density at radius 2 is 1.53 bits per heavy atom. The maximum atomic E-state index is 3.50. The van der Waals surface area contributed by atoms with Crippen molar-refractivity contribution in [2.24, 2.45) is 0 Å². The lowest BCUT2D eigenvalue weighted by atomic mass is 10.1. The van der Waals surface area contributed by atoms with E-state index >= 15 is 0 Å². The Labute approximate surface area is 118 Å². The summed E-state index contributed by atoms with van der Waals surface area (Å²) in [7, 11) is 0. The predicted octanol–water partition coefficient (Wildman–Crippen LogP) is 4.77. The minimum Gasteiger partial charge on any atom is -0.375 e. The molecule has 19 heavy (non-hydrogen) atoms. The molecular formula is C17H15NS. The number of nitrogens with one attached hydrogen (secondary N) is 1. The van der Waals surface area contributed by atoms with Crippen molar-refractivity contribution >= 4 is 22.4 Å². The van der Waals surface area contributed by atoms with Gasteiger partial charge in [0.05, 0.1) is 6.04 Å². The van der Waals surface area contributed by atoms with Crippen molar-refractivity contribution in [2.75, 3.05) is 5.32 Å². The molecule has 2 aromatic rings. The number of hydrogen-bond donors (Lipinski definition) is 1. The van der Waals surface area contributed by atoms with Gasteiger partial charge < -0.3 is 5.32 Å². The van der Waals surface area contributed by atoms with Crippen LogP contribution in [0.2, 0.25) is 0 Å². The average molecular weight is 265 g/mol. The summed E-state index contributed by atoms with van der Waals surface area (Å²) in [4.78, 5) is 1.30. The molecule has 3 rings (SSSR count). The van der Waals surface area contributed by atoms with Gasteiger partial charge in [-0.15, -0.1) is 0 Å². The van der Waals surface area contributed by atoms with Crippen molar-refractivity contribution in [1.82, 2.24) is 0 Å². The molecule has 1 heterocycles. The third-order valence-electron chi connectivity index (χ3n) is 2.98. The molecule has 0 spiro atoms. The smallest absolute Gasteiger partial charge is 0.0650 e. The fourth-order valence-electron chi connectivity index (χ4n) is 2.04. The third-order valence-corrected chi connectivity index (χ3v) is 3.90. The standard InChI is InChI=1S/C17H15NS/c1-3-7-14(8-4-1)17-13-16(11-12-19-17)18-15-9-5-2-6-10-15/h1-13,16,18H. The Kier molecular flexibility index (Phi) is 3.70. The summed E-state index contributed by atoms with van der Waals surface area (Å²) in [6.07, 6.45) is 4.46. The summed E-state index contributed by atoms with van der Waals surface area (Å²) in [5.41, 5.74) is 2.42. The van der Waals surface area contributed by atoms with Crippen LogP contribution < -0.4 is 5.32 Å². The zero-order valence-electron chi connectivity index (χ0n) is 10.5. The van der Waals surface area contributed by atoms with E-state index in [-0.39, 0.29) is 6.04 Å². The van der Waals surface area contributed by atoms with Crippen molar-refractivity contribution in [2.45, 2.75) is 6.04 Å². The molecule has 0 bridgehead atoms. The lowest BCUT2D eigenvalue weighted by Gasteiger charge is -2.18. The lowest BCUT2D eigenvalue weighted by Crippen LogP contribution is -2.15. The number of para-hydroxylation sites is 1. The Morgan fingerprint density at radius 3 is 2.26 bits per heavy atom. The Hall–Kier alpha value is -1.93. The van der Waals surface area contributed by atoms with Crippen LogP contribution in [-0.4, -0.2) is 6.04 Å². The van der Waals surface area contributed by atoms with E-state index in [0.29, 0.717) is 0 Å². The molecule has 0 aliphatic carbocycles. The molecule has 0 saturated heterocycles. The van der Waals surface area contributed by atoms with Crippen LogP contribution in [0.1, 0.15) is 5.56 Å². The van der Waals surface area contributed by atoms with Crippen LogP contribution in [0.25, 0.3) is 4.91 Å².